The second-order valence-corrected chi connectivity index (χ2v) is 7.60. The predicted molar refractivity (Wildman–Crippen MR) is 98.6 cm³/mol. The molecule has 1 aliphatic carbocycles. The zero-order chi connectivity index (χ0) is 17.8. The van der Waals surface area contributed by atoms with Gasteiger partial charge < -0.3 is 9.73 Å². The molecule has 2 unspecified atom stereocenters. The Morgan fingerprint density at radius 3 is 2.84 bits per heavy atom. The summed E-state index contributed by atoms with van der Waals surface area (Å²) in [5, 5.41) is 16.4. The number of hydrogen-bond donors (Lipinski definition) is 2. The molecule has 2 N–H and O–H groups in total. The molecule has 0 saturated heterocycles. The second kappa shape index (κ2) is 7.85. The van der Waals surface area contributed by atoms with Crippen molar-refractivity contribution in [3.63, 3.8) is 0 Å². The first-order chi connectivity index (χ1) is 12.1. The van der Waals surface area contributed by atoms with E-state index in [0.717, 1.165) is 37.0 Å². The van der Waals surface area contributed by atoms with Gasteiger partial charge in [-0.25, -0.2) is 0 Å². The van der Waals surface area contributed by atoms with Gasteiger partial charge in [0, 0.05) is 4.88 Å². The lowest BCUT2D eigenvalue weighted by Gasteiger charge is -2.17. The van der Waals surface area contributed by atoms with E-state index in [-0.39, 0.29) is 11.9 Å². The van der Waals surface area contributed by atoms with Gasteiger partial charge in [-0.05, 0) is 57.2 Å². The third kappa shape index (κ3) is 3.94. The Bertz CT molecular complexity index is 773. The minimum Gasteiger partial charge on any atom is -0.468 e. The van der Waals surface area contributed by atoms with Gasteiger partial charge in [0.1, 0.15) is 16.8 Å². The Labute approximate surface area is 152 Å². The molecule has 25 heavy (non-hydrogen) atoms. The number of rotatable bonds is 5. The highest BCUT2D eigenvalue weighted by molar-refractivity contribution is 7.16. The van der Waals surface area contributed by atoms with Crippen molar-refractivity contribution in [2.75, 3.05) is 5.32 Å². The van der Waals surface area contributed by atoms with E-state index in [1.54, 1.807) is 17.6 Å². The Morgan fingerprint density at radius 2 is 2.12 bits per heavy atom. The Hall–Kier alpha value is -2.10. The molecule has 0 radical (unpaired) electrons. The first kappa shape index (κ1) is 17.7. The van der Waals surface area contributed by atoms with Crippen LogP contribution < -0.4 is 10.6 Å². The molecular formula is C19H23N3O2S. The summed E-state index contributed by atoms with van der Waals surface area (Å²) in [5.41, 5.74) is 1.80. The van der Waals surface area contributed by atoms with E-state index < -0.39 is 6.04 Å². The maximum Gasteiger partial charge on any atom is 0.241 e. The van der Waals surface area contributed by atoms with Crippen LogP contribution in [0.15, 0.2) is 22.8 Å². The number of thiophene rings is 1. The minimum absolute atomic E-state index is 0.0637. The lowest BCUT2D eigenvalue weighted by molar-refractivity contribution is -0.117. The topological polar surface area (TPSA) is 78.1 Å². The van der Waals surface area contributed by atoms with Crippen molar-refractivity contribution in [2.45, 2.75) is 58.0 Å². The standard InChI is InChI=1S/C19H23N3O2S/c1-12(16-8-6-10-24-16)21-13(2)18(23)22-19-15(11-20)14-7-4-3-5-9-17(14)25-19/h6,8,10,12-13,21H,3-5,7,9H2,1-2H3,(H,22,23). The summed E-state index contributed by atoms with van der Waals surface area (Å²) in [7, 11) is 0. The number of hydrogen-bond acceptors (Lipinski definition) is 5. The van der Waals surface area contributed by atoms with Gasteiger partial charge in [-0.3, -0.25) is 10.1 Å². The van der Waals surface area contributed by atoms with E-state index in [1.807, 2.05) is 26.0 Å². The van der Waals surface area contributed by atoms with Crippen molar-refractivity contribution in [1.82, 2.24) is 5.32 Å². The molecule has 0 aliphatic heterocycles. The molecule has 0 spiro atoms. The fourth-order valence-corrected chi connectivity index (χ4v) is 4.48. The van der Waals surface area contributed by atoms with Crippen molar-refractivity contribution >= 4 is 22.2 Å². The van der Waals surface area contributed by atoms with Crippen molar-refractivity contribution in [3.8, 4) is 6.07 Å². The van der Waals surface area contributed by atoms with Crippen LogP contribution in [0.5, 0.6) is 0 Å². The highest BCUT2D eigenvalue weighted by Crippen LogP contribution is 2.37. The number of nitriles is 1. The van der Waals surface area contributed by atoms with Crippen LogP contribution in [0, 0.1) is 11.3 Å². The number of anilines is 1. The van der Waals surface area contributed by atoms with E-state index >= 15 is 0 Å². The first-order valence-electron chi connectivity index (χ1n) is 8.75. The average Bonchev–Trinajstić information content (AvgIpc) is 3.18. The van der Waals surface area contributed by atoms with Gasteiger partial charge in [0.05, 0.1) is 23.9 Å². The van der Waals surface area contributed by atoms with Crippen molar-refractivity contribution in [3.05, 3.63) is 40.2 Å². The zero-order valence-electron chi connectivity index (χ0n) is 14.6. The molecule has 2 atom stereocenters. The number of carbonyl (C=O) groups excluding carboxylic acids is 1. The molecule has 2 aromatic heterocycles. The van der Waals surface area contributed by atoms with Crippen LogP contribution in [-0.4, -0.2) is 11.9 Å². The average molecular weight is 357 g/mol. The first-order valence-corrected chi connectivity index (χ1v) is 9.56. The maximum atomic E-state index is 12.6. The van der Waals surface area contributed by atoms with Gasteiger partial charge in [0.25, 0.3) is 0 Å². The van der Waals surface area contributed by atoms with E-state index in [0.29, 0.717) is 10.6 Å². The highest BCUT2D eigenvalue weighted by atomic mass is 32.1. The SMILES string of the molecule is CC(NC(C)c1ccco1)C(=O)Nc1sc2c(c1C#N)CCCCC2. The molecule has 5 nitrogen and oxygen atoms in total. The summed E-state index contributed by atoms with van der Waals surface area (Å²) in [6.07, 6.45) is 7.05. The van der Waals surface area contributed by atoms with Crippen molar-refractivity contribution < 1.29 is 9.21 Å². The van der Waals surface area contributed by atoms with Crippen LogP contribution in [-0.2, 0) is 17.6 Å². The fourth-order valence-electron chi connectivity index (χ4n) is 3.24. The lowest BCUT2D eigenvalue weighted by Crippen LogP contribution is -2.39. The van der Waals surface area contributed by atoms with Gasteiger partial charge in [-0.1, -0.05) is 6.42 Å². The molecule has 3 rings (SSSR count). The van der Waals surface area contributed by atoms with Crippen LogP contribution in [0.1, 0.15) is 60.9 Å². The van der Waals surface area contributed by atoms with E-state index in [1.165, 1.54) is 11.3 Å². The van der Waals surface area contributed by atoms with E-state index in [4.69, 9.17) is 4.42 Å². The van der Waals surface area contributed by atoms with Gasteiger partial charge in [0.2, 0.25) is 5.91 Å². The molecule has 132 valence electrons. The molecule has 0 bridgehead atoms. The molecule has 1 aliphatic rings. The number of nitrogens with zero attached hydrogens (tertiary/aromatic N) is 1. The van der Waals surface area contributed by atoms with E-state index in [2.05, 4.69) is 16.7 Å². The lowest BCUT2D eigenvalue weighted by atomic mass is 10.1. The summed E-state index contributed by atoms with van der Waals surface area (Å²) < 4.78 is 5.36. The second-order valence-electron chi connectivity index (χ2n) is 6.50. The van der Waals surface area contributed by atoms with Crippen LogP contribution >= 0.6 is 11.3 Å². The summed E-state index contributed by atoms with van der Waals surface area (Å²) in [5.74, 6) is 0.659. The monoisotopic (exact) mass is 357 g/mol. The van der Waals surface area contributed by atoms with Crippen LogP contribution in [0.2, 0.25) is 0 Å². The van der Waals surface area contributed by atoms with Crippen LogP contribution in [0.4, 0.5) is 5.00 Å². The fraction of sp³-hybridized carbons (Fsp3) is 0.474. The third-order valence-electron chi connectivity index (χ3n) is 4.63. The van der Waals surface area contributed by atoms with Crippen molar-refractivity contribution in [1.29, 1.82) is 5.26 Å². The third-order valence-corrected chi connectivity index (χ3v) is 5.84. The Balaban J connectivity index is 1.69. The van der Waals surface area contributed by atoms with Gasteiger partial charge >= 0.3 is 0 Å². The van der Waals surface area contributed by atoms with Gasteiger partial charge in [-0.2, -0.15) is 5.26 Å². The number of carbonyl (C=O) groups is 1. The molecule has 0 saturated carbocycles. The van der Waals surface area contributed by atoms with E-state index in [9.17, 15) is 10.1 Å². The number of amides is 1. The molecule has 0 fully saturated rings. The largest absolute Gasteiger partial charge is 0.468 e. The summed E-state index contributed by atoms with van der Waals surface area (Å²) in [6, 6.07) is 5.55. The Kier molecular flexibility index (Phi) is 5.57. The number of fused-ring (bicyclic) bond motifs is 1. The smallest absolute Gasteiger partial charge is 0.241 e. The van der Waals surface area contributed by atoms with Gasteiger partial charge in [0.15, 0.2) is 0 Å². The molecule has 0 aromatic carbocycles. The summed E-state index contributed by atoms with van der Waals surface area (Å²) in [4.78, 5) is 13.8. The predicted octanol–water partition coefficient (Wildman–Crippen LogP) is 4.16. The molecule has 2 aromatic rings. The van der Waals surface area contributed by atoms with Crippen LogP contribution in [0.25, 0.3) is 0 Å². The maximum absolute atomic E-state index is 12.6. The van der Waals surface area contributed by atoms with Gasteiger partial charge in [-0.15, -0.1) is 11.3 Å². The number of furan rings is 1. The normalized spacial score (nSPS) is 16.4. The quantitative estimate of drug-likeness (QED) is 0.788. The summed E-state index contributed by atoms with van der Waals surface area (Å²) in [6.45, 7) is 3.77. The molecule has 1 amide bonds. The molecule has 6 heteroatoms. The zero-order valence-corrected chi connectivity index (χ0v) is 15.4. The summed E-state index contributed by atoms with van der Waals surface area (Å²) >= 11 is 1.56. The van der Waals surface area contributed by atoms with Crippen molar-refractivity contribution in [2.24, 2.45) is 0 Å². The Morgan fingerprint density at radius 1 is 1.32 bits per heavy atom. The van der Waals surface area contributed by atoms with Crippen LogP contribution in [0.3, 0.4) is 0 Å². The highest BCUT2D eigenvalue weighted by Gasteiger charge is 2.23. The number of nitrogens with one attached hydrogen (secondary N) is 2. The molecular weight excluding hydrogens is 334 g/mol. The minimum atomic E-state index is -0.395. The molecule has 2 heterocycles. The number of aryl methyl sites for hydroxylation is 1.